The van der Waals surface area contributed by atoms with Crippen molar-refractivity contribution in [3.8, 4) is 0 Å². The van der Waals surface area contributed by atoms with Crippen molar-refractivity contribution < 1.29 is 4.79 Å². The number of rotatable bonds is 2. The predicted octanol–water partition coefficient (Wildman–Crippen LogP) is 2.34. The molecule has 0 saturated carbocycles. The van der Waals surface area contributed by atoms with Gasteiger partial charge in [0.1, 0.15) is 0 Å². The third kappa shape index (κ3) is 1.84. The summed E-state index contributed by atoms with van der Waals surface area (Å²) in [6.07, 6.45) is 3.55. The van der Waals surface area contributed by atoms with Gasteiger partial charge in [-0.05, 0) is 23.8 Å². The lowest BCUT2D eigenvalue weighted by molar-refractivity contribution is 0.0763. The van der Waals surface area contributed by atoms with E-state index in [2.05, 4.69) is 20.9 Å². The van der Waals surface area contributed by atoms with Gasteiger partial charge < -0.3 is 9.47 Å². The molecule has 92 valence electrons. The van der Waals surface area contributed by atoms with Gasteiger partial charge >= 0.3 is 0 Å². The molecule has 18 heavy (non-hydrogen) atoms. The molecule has 5 heteroatoms. The van der Waals surface area contributed by atoms with Crippen molar-refractivity contribution in [1.82, 2.24) is 14.5 Å². The normalized spacial score (nSPS) is 14.1. The van der Waals surface area contributed by atoms with E-state index >= 15 is 0 Å². The lowest BCUT2D eigenvalue weighted by atomic mass is 10.1. The molecule has 0 fully saturated rings. The monoisotopic (exact) mass is 305 g/mol. The van der Waals surface area contributed by atoms with Crippen LogP contribution in [-0.4, -0.2) is 20.4 Å². The maximum atomic E-state index is 12.2. The van der Waals surface area contributed by atoms with E-state index in [1.807, 2.05) is 34.7 Å². The Morgan fingerprint density at radius 1 is 1.44 bits per heavy atom. The van der Waals surface area contributed by atoms with E-state index < -0.39 is 0 Å². The molecular weight excluding hydrogens is 294 g/mol. The van der Waals surface area contributed by atoms with E-state index in [0.29, 0.717) is 13.1 Å². The second-order valence-corrected chi connectivity index (χ2v) is 5.37. The first-order valence-corrected chi connectivity index (χ1v) is 6.47. The van der Waals surface area contributed by atoms with Crippen LogP contribution in [0.2, 0.25) is 0 Å². The van der Waals surface area contributed by atoms with Gasteiger partial charge in [0.05, 0.1) is 18.6 Å². The van der Waals surface area contributed by atoms with Gasteiger partial charge in [-0.3, -0.25) is 4.79 Å². The minimum atomic E-state index is 0.0960. The second-order valence-electron chi connectivity index (χ2n) is 4.46. The molecule has 1 amide bonds. The van der Waals surface area contributed by atoms with E-state index in [1.165, 1.54) is 0 Å². The number of hydrogen-bond acceptors (Lipinski definition) is 2. The molecule has 1 aliphatic rings. The van der Waals surface area contributed by atoms with Crippen molar-refractivity contribution in [3.63, 3.8) is 0 Å². The number of carbonyl (C=O) groups excluding carboxylic acids is 1. The average Bonchev–Trinajstić information content (AvgIpc) is 2.86. The van der Waals surface area contributed by atoms with Gasteiger partial charge in [-0.2, -0.15) is 0 Å². The van der Waals surface area contributed by atoms with Crippen LogP contribution in [0.5, 0.6) is 0 Å². The zero-order valence-corrected chi connectivity index (χ0v) is 11.5. The van der Waals surface area contributed by atoms with Crippen molar-refractivity contribution in [2.24, 2.45) is 7.05 Å². The number of imidazole rings is 1. The fourth-order valence-electron chi connectivity index (χ4n) is 2.21. The van der Waals surface area contributed by atoms with E-state index in [1.54, 1.807) is 12.5 Å². The smallest absolute Gasteiger partial charge is 0.254 e. The lowest BCUT2D eigenvalue weighted by Crippen LogP contribution is -2.24. The number of aryl methyl sites for hydroxylation is 1. The van der Waals surface area contributed by atoms with Crippen molar-refractivity contribution >= 4 is 21.8 Å². The van der Waals surface area contributed by atoms with Crippen LogP contribution in [0.15, 0.2) is 35.2 Å². The number of halogens is 1. The SMILES string of the molecule is Cn1cncc1CN1Cc2cc(Br)ccc2C1=O. The maximum Gasteiger partial charge on any atom is 0.254 e. The van der Waals surface area contributed by atoms with E-state index in [9.17, 15) is 4.79 Å². The highest BCUT2D eigenvalue weighted by atomic mass is 79.9. The highest BCUT2D eigenvalue weighted by molar-refractivity contribution is 9.10. The summed E-state index contributed by atoms with van der Waals surface area (Å²) in [5, 5.41) is 0. The molecule has 0 N–H and O–H groups in total. The minimum absolute atomic E-state index is 0.0960. The van der Waals surface area contributed by atoms with Crippen LogP contribution in [0, 0.1) is 0 Å². The Labute approximate surface area is 113 Å². The van der Waals surface area contributed by atoms with Crippen LogP contribution in [-0.2, 0) is 20.1 Å². The molecule has 0 atom stereocenters. The molecule has 0 unspecified atom stereocenters. The third-order valence-electron chi connectivity index (χ3n) is 3.22. The number of fused-ring (bicyclic) bond motifs is 1. The molecular formula is C13H12BrN3O. The van der Waals surface area contributed by atoms with Gasteiger partial charge in [0.2, 0.25) is 0 Å². The Hall–Kier alpha value is -1.62. The third-order valence-corrected chi connectivity index (χ3v) is 3.71. The first kappa shape index (κ1) is 11.5. The largest absolute Gasteiger partial charge is 0.336 e. The fraction of sp³-hybridized carbons (Fsp3) is 0.231. The quantitative estimate of drug-likeness (QED) is 0.854. The van der Waals surface area contributed by atoms with Crippen LogP contribution >= 0.6 is 15.9 Å². The topological polar surface area (TPSA) is 38.1 Å². The fourth-order valence-corrected chi connectivity index (χ4v) is 2.62. The zero-order chi connectivity index (χ0) is 12.7. The average molecular weight is 306 g/mol. The molecule has 1 aromatic heterocycles. The minimum Gasteiger partial charge on any atom is -0.336 e. The Balaban J connectivity index is 1.86. The zero-order valence-electron chi connectivity index (χ0n) is 9.93. The summed E-state index contributed by atoms with van der Waals surface area (Å²) in [4.78, 5) is 18.1. The van der Waals surface area contributed by atoms with Crippen LogP contribution in [0.4, 0.5) is 0 Å². The molecule has 0 aliphatic carbocycles. The van der Waals surface area contributed by atoms with Gasteiger partial charge in [-0.15, -0.1) is 0 Å². The van der Waals surface area contributed by atoms with Crippen LogP contribution in [0.25, 0.3) is 0 Å². The number of benzene rings is 1. The summed E-state index contributed by atoms with van der Waals surface area (Å²) in [6.45, 7) is 1.26. The molecule has 2 heterocycles. The summed E-state index contributed by atoms with van der Waals surface area (Å²) in [5.74, 6) is 0.0960. The number of amides is 1. The Morgan fingerprint density at radius 3 is 3.00 bits per heavy atom. The lowest BCUT2D eigenvalue weighted by Gasteiger charge is -2.15. The van der Waals surface area contributed by atoms with Crippen LogP contribution < -0.4 is 0 Å². The van der Waals surface area contributed by atoms with E-state index in [-0.39, 0.29) is 5.91 Å². The molecule has 1 aromatic carbocycles. The van der Waals surface area contributed by atoms with Crippen molar-refractivity contribution in [2.45, 2.75) is 13.1 Å². The summed E-state index contributed by atoms with van der Waals surface area (Å²) in [6, 6.07) is 5.80. The van der Waals surface area contributed by atoms with Crippen molar-refractivity contribution in [2.75, 3.05) is 0 Å². The van der Waals surface area contributed by atoms with Gasteiger partial charge in [-0.25, -0.2) is 4.98 Å². The number of carbonyl (C=O) groups is 1. The number of aromatic nitrogens is 2. The first-order chi connectivity index (χ1) is 8.65. The number of nitrogens with zero attached hydrogens (tertiary/aromatic N) is 3. The Morgan fingerprint density at radius 2 is 2.28 bits per heavy atom. The second kappa shape index (κ2) is 4.24. The maximum absolute atomic E-state index is 12.2. The molecule has 3 rings (SSSR count). The van der Waals surface area contributed by atoms with Gasteiger partial charge in [0.25, 0.3) is 5.91 Å². The summed E-state index contributed by atoms with van der Waals surface area (Å²) in [5.41, 5.74) is 2.92. The van der Waals surface area contributed by atoms with Gasteiger partial charge in [-0.1, -0.05) is 15.9 Å². The summed E-state index contributed by atoms with van der Waals surface area (Å²) >= 11 is 3.43. The molecule has 0 spiro atoms. The molecule has 0 saturated heterocycles. The molecule has 0 bridgehead atoms. The predicted molar refractivity (Wildman–Crippen MR) is 70.9 cm³/mol. The van der Waals surface area contributed by atoms with Crippen LogP contribution in [0.1, 0.15) is 21.6 Å². The molecule has 4 nitrogen and oxygen atoms in total. The highest BCUT2D eigenvalue weighted by Crippen LogP contribution is 2.26. The van der Waals surface area contributed by atoms with E-state index in [4.69, 9.17) is 0 Å². The Kier molecular flexibility index (Phi) is 2.70. The van der Waals surface area contributed by atoms with E-state index in [0.717, 1.165) is 21.3 Å². The molecule has 0 radical (unpaired) electrons. The van der Waals surface area contributed by atoms with Crippen LogP contribution in [0.3, 0.4) is 0 Å². The highest BCUT2D eigenvalue weighted by Gasteiger charge is 2.27. The van der Waals surface area contributed by atoms with Gasteiger partial charge in [0, 0.05) is 29.8 Å². The first-order valence-electron chi connectivity index (χ1n) is 5.68. The summed E-state index contributed by atoms with van der Waals surface area (Å²) < 4.78 is 2.95. The molecule has 2 aromatic rings. The standard InChI is InChI=1S/C13H12BrN3O/c1-16-8-15-5-11(16)7-17-6-9-4-10(14)2-3-12(9)13(17)18/h2-5,8H,6-7H2,1H3. The number of hydrogen-bond donors (Lipinski definition) is 0. The Bertz CT molecular complexity index is 620. The van der Waals surface area contributed by atoms with Crippen molar-refractivity contribution in [1.29, 1.82) is 0 Å². The summed E-state index contributed by atoms with van der Waals surface area (Å²) in [7, 11) is 1.94. The molecule has 1 aliphatic heterocycles. The van der Waals surface area contributed by atoms with Gasteiger partial charge in [0.15, 0.2) is 0 Å². The van der Waals surface area contributed by atoms with Crippen molar-refractivity contribution in [3.05, 3.63) is 52.0 Å².